The minimum atomic E-state index is -4.18. The third kappa shape index (κ3) is 7.14. The van der Waals surface area contributed by atoms with E-state index in [9.17, 15) is 18.0 Å². The third-order valence-corrected chi connectivity index (χ3v) is 8.80. The first-order valence-electron chi connectivity index (χ1n) is 13.1. The molecule has 1 N–H and O–H groups in total. The monoisotopic (exact) mass is 585 g/mol. The van der Waals surface area contributed by atoms with Gasteiger partial charge in [0.25, 0.3) is 10.0 Å². The first-order valence-corrected chi connectivity index (χ1v) is 14.9. The van der Waals surface area contributed by atoms with Crippen molar-refractivity contribution in [2.24, 2.45) is 0 Å². The van der Waals surface area contributed by atoms with E-state index >= 15 is 0 Å². The molecule has 0 heterocycles. The fraction of sp³-hybridized carbons (Fsp3) is 0.333. The van der Waals surface area contributed by atoms with Crippen LogP contribution < -0.4 is 14.4 Å². The molecule has 0 bridgehead atoms. The van der Waals surface area contributed by atoms with Crippen LogP contribution in [-0.4, -0.2) is 51.4 Å². The summed E-state index contributed by atoms with van der Waals surface area (Å²) >= 11 is 6.38. The fourth-order valence-corrected chi connectivity index (χ4v) is 6.04. The van der Waals surface area contributed by atoms with Crippen molar-refractivity contribution >= 4 is 39.1 Å². The van der Waals surface area contributed by atoms with Crippen molar-refractivity contribution in [2.75, 3.05) is 24.5 Å². The highest BCUT2D eigenvalue weighted by Crippen LogP contribution is 2.31. The summed E-state index contributed by atoms with van der Waals surface area (Å²) in [5.74, 6) is -0.238. The average Bonchev–Trinajstić information content (AvgIpc) is 2.93. The number of anilines is 1. The van der Waals surface area contributed by atoms with Crippen LogP contribution in [0.3, 0.4) is 0 Å². The van der Waals surface area contributed by atoms with Crippen LogP contribution in [0.4, 0.5) is 5.69 Å². The standard InChI is InChI=1S/C30H36ClN3O5S/c1-6-27(30(36)32-7-2)33(19-23-10-8-11-24(18-23)39-5)29(35)20-34(28-13-9-12-26(31)22(28)4)40(37,38)25-16-14-21(3)15-17-25/h8-18,27H,6-7,19-20H2,1-5H3,(H,32,36)/t27-/m1/s1. The Hall–Kier alpha value is -3.56. The zero-order chi connectivity index (χ0) is 29.4. The van der Waals surface area contributed by atoms with Crippen molar-refractivity contribution < 1.29 is 22.7 Å². The second-order valence-corrected chi connectivity index (χ2v) is 11.7. The fourth-order valence-electron chi connectivity index (χ4n) is 4.40. The largest absolute Gasteiger partial charge is 0.497 e. The highest BCUT2D eigenvalue weighted by molar-refractivity contribution is 7.92. The van der Waals surface area contributed by atoms with E-state index < -0.39 is 28.5 Å². The molecular formula is C30H36ClN3O5S. The lowest BCUT2D eigenvalue weighted by atomic mass is 10.1. The maximum Gasteiger partial charge on any atom is 0.264 e. The van der Waals surface area contributed by atoms with Gasteiger partial charge in [0.1, 0.15) is 18.3 Å². The number of hydrogen-bond donors (Lipinski definition) is 1. The maximum absolute atomic E-state index is 14.1. The van der Waals surface area contributed by atoms with E-state index in [0.29, 0.717) is 29.3 Å². The molecule has 0 aromatic heterocycles. The molecule has 2 amide bonds. The van der Waals surface area contributed by atoms with E-state index in [1.54, 1.807) is 69.5 Å². The summed E-state index contributed by atoms with van der Waals surface area (Å²) in [6.45, 7) is 7.13. The molecule has 0 unspecified atom stereocenters. The van der Waals surface area contributed by atoms with Crippen molar-refractivity contribution in [1.82, 2.24) is 10.2 Å². The number of nitrogens with zero attached hydrogens (tertiary/aromatic N) is 2. The lowest BCUT2D eigenvalue weighted by Gasteiger charge is -2.33. The first kappa shape index (κ1) is 31.0. The van der Waals surface area contributed by atoms with Crippen molar-refractivity contribution in [3.63, 3.8) is 0 Å². The van der Waals surface area contributed by atoms with Crippen molar-refractivity contribution in [2.45, 2.75) is 51.6 Å². The summed E-state index contributed by atoms with van der Waals surface area (Å²) in [5.41, 5.74) is 2.44. The second-order valence-electron chi connectivity index (χ2n) is 9.40. The van der Waals surface area contributed by atoms with Crippen LogP contribution in [0.2, 0.25) is 5.02 Å². The van der Waals surface area contributed by atoms with Gasteiger partial charge in [-0.3, -0.25) is 13.9 Å². The van der Waals surface area contributed by atoms with Crippen molar-refractivity contribution in [3.05, 3.63) is 88.4 Å². The molecule has 214 valence electrons. The van der Waals surface area contributed by atoms with Gasteiger partial charge in [0, 0.05) is 18.1 Å². The zero-order valence-corrected chi connectivity index (χ0v) is 25.1. The number of aryl methyl sites for hydroxylation is 1. The van der Waals surface area contributed by atoms with Crippen LogP contribution in [0.5, 0.6) is 5.75 Å². The van der Waals surface area contributed by atoms with E-state index in [2.05, 4.69) is 5.32 Å². The molecule has 0 aliphatic rings. The molecule has 0 aliphatic heterocycles. The molecule has 0 spiro atoms. The Balaban J connectivity index is 2.11. The Bertz CT molecular complexity index is 1440. The van der Waals surface area contributed by atoms with Crippen LogP contribution in [0.25, 0.3) is 0 Å². The molecular weight excluding hydrogens is 550 g/mol. The molecule has 0 saturated carbocycles. The molecule has 10 heteroatoms. The molecule has 3 aromatic rings. The molecule has 1 atom stereocenters. The van der Waals surface area contributed by atoms with E-state index in [1.165, 1.54) is 17.0 Å². The van der Waals surface area contributed by atoms with E-state index in [0.717, 1.165) is 15.4 Å². The topological polar surface area (TPSA) is 96.0 Å². The summed E-state index contributed by atoms with van der Waals surface area (Å²) in [6, 6.07) is 17.7. The molecule has 8 nitrogen and oxygen atoms in total. The molecule has 40 heavy (non-hydrogen) atoms. The van der Waals surface area contributed by atoms with Crippen LogP contribution >= 0.6 is 11.6 Å². The van der Waals surface area contributed by atoms with Gasteiger partial charge in [-0.2, -0.15) is 0 Å². The summed E-state index contributed by atoms with van der Waals surface area (Å²) in [5, 5.41) is 3.17. The number of methoxy groups -OCH3 is 1. The zero-order valence-electron chi connectivity index (χ0n) is 23.5. The number of benzene rings is 3. The maximum atomic E-state index is 14.1. The second kappa shape index (κ2) is 13.7. The van der Waals surface area contributed by atoms with Crippen molar-refractivity contribution in [1.29, 1.82) is 0 Å². The van der Waals surface area contributed by atoms with Gasteiger partial charge >= 0.3 is 0 Å². The number of carbonyl (C=O) groups excluding carboxylic acids is 2. The smallest absolute Gasteiger partial charge is 0.264 e. The number of ether oxygens (including phenoxy) is 1. The summed E-state index contributed by atoms with van der Waals surface area (Å²) in [6.07, 6.45) is 0.336. The number of likely N-dealkylation sites (N-methyl/N-ethyl adjacent to an activating group) is 1. The molecule has 3 rings (SSSR count). The number of halogens is 1. The Morgan fingerprint density at radius 3 is 2.30 bits per heavy atom. The van der Waals surface area contributed by atoms with Crippen LogP contribution in [-0.2, 0) is 26.2 Å². The molecule has 0 fully saturated rings. The summed E-state index contributed by atoms with van der Waals surface area (Å²) < 4.78 is 34.4. The lowest BCUT2D eigenvalue weighted by Crippen LogP contribution is -2.52. The Morgan fingerprint density at radius 2 is 1.68 bits per heavy atom. The highest BCUT2D eigenvalue weighted by atomic mass is 35.5. The van der Waals surface area contributed by atoms with Gasteiger partial charge in [-0.15, -0.1) is 0 Å². The minimum Gasteiger partial charge on any atom is -0.497 e. The Morgan fingerprint density at radius 1 is 1.00 bits per heavy atom. The van der Waals surface area contributed by atoms with Gasteiger partial charge in [0.05, 0.1) is 17.7 Å². The number of carbonyl (C=O) groups is 2. The van der Waals surface area contributed by atoms with Gasteiger partial charge < -0.3 is 15.0 Å². The first-order chi connectivity index (χ1) is 19.0. The van der Waals surface area contributed by atoms with Gasteiger partial charge in [-0.25, -0.2) is 8.42 Å². The van der Waals surface area contributed by atoms with Crippen LogP contribution in [0.1, 0.15) is 37.0 Å². The normalized spacial score (nSPS) is 11.9. The van der Waals surface area contributed by atoms with Crippen molar-refractivity contribution in [3.8, 4) is 5.75 Å². The van der Waals surface area contributed by atoms with Gasteiger partial charge in [-0.1, -0.05) is 54.4 Å². The van der Waals surface area contributed by atoms with Gasteiger partial charge in [0.2, 0.25) is 11.8 Å². The van der Waals surface area contributed by atoms with Gasteiger partial charge in [-0.05, 0) is 74.7 Å². The molecule has 0 radical (unpaired) electrons. The Labute approximate surface area is 241 Å². The molecule has 0 saturated heterocycles. The van der Waals surface area contributed by atoms with E-state index in [-0.39, 0.29) is 23.0 Å². The lowest BCUT2D eigenvalue weighted by molar-refractivity contribution is -0.140. The number of hydrogen-bond acceptors (Lipinski definition) is 5. The Kier molecular flexibility index (Phi) is 10.6. The van der Waals surface area contributed by atoms with E-state index in [1.807, 2.05) is 19.9 Å². The third-order valence-electron chi connectivity index (χ3n) is 6.62. The molecule has 3 aromatic carbocycles. The highest BCUT2D eigenvalue weighted by Gasteiger charge is 2.34. The van der Waals surface area contributed by atoms with E-state index in [4.69, 9.17) is 16.3 Å². The number of sulfonamides is 1. The van der Waals surface area contributed by atoms with Gasteiger partial charge in [0.15, 0.2) is 0 Å². The summed E-state index contributed by atoms with van der Waals surface area (Å²) in [4.78, 5) is 28.6. The predicted octanol–water partition coefficient (Wildman–Crippen LogP) is 5.10. The molecule has 0 aliphatic carbocycles. The summed E-state index contributed by atoms with van der Waals surface area (Å²) in [7, 11) is -2.63. The average molecular weight is 586 g/mol. The minimum absolute atomic E-state index is 0.0420. The predicted molar refractivity (Wildman–Crippen MR) is 158 cm³/mol. The number of nitrogens with one attached hydrogen (secondary N) is 1. The number of rotatable bonds is 12. The van der Waals surface area contributed by atoms with Crippen LogP contribution in [0, 0.1) is 13.8 Å². The number of amides is 2. The quantitative estimate of drug-likeness (QED) is 0.319. The van der Waals surface area contributed by atoms with Crippen LogP contribution in [0.15, 0.2) is 71.6 Å². The SMILES string of the molecule is CCNC(=O)[C@@H](CC)N(Cc1cccc(OC)c1)C(=O)CN(c1cccc(Cl)c1C)S(=O)(=O)c1ccc(C)cc1.